The minimum atomic E-state index is -0.652. The van der Waals surface area contributed by atoms with Gasteiger partial charge in [-0.3, -0.25) is 9.59 Å². The first-order chi connectivity index (χ1) is 11.5. The van der Waals surface area contributed by atoms with Crippen molar-refractivity contribution in [1.29, 1.82) is 0 Å². The Morgan fingerprint density at radius 2 is 1.96 bits per heavy atom. The van der Waals surface area contributed by atoms with Gasteiger partial charge in [-0.05, 0) is 36.4 Å². The molecule has 3 rings (SSSR count). The molecule has 124 valence electrons. The van der Waals surface area contributed by atoms with Crippen molar-refractivity contribution in [1.82, 2.24) is 0 Å². The lowest BCUT2D eigenvalue weighted by atomic mass is 10.2. The second kappa shape index (κ2) is 6.71. The van der Waals surface area contributed by atoms with E-state index in [1.165, 1.54) is 7.11 Å². The Hall–Kier alpha value is -2.24. The Balaban J connectivity index is 1.80. The highest BCUT2D eigenvalue weighted by atomic mass is 35.5. The second-order valence-corrected chi connectivity index (χ2v) is 6.14. The number of halogens is 2. The monoisotopic (exact) mass is 364 g/mol. The number of carbonyl (C=O) groups excluding carboxylic acids is 2. The fraction of sp³-hybridized carbons (Fsp3) is 0.176. The molecule has 1 saturated heterocycles. The SMILES string of the molecule is COc1ccc(N[C@@H]2CC(=O)N(c3cccc(Cl)c3)C2=O)cc1Cl. The minimum Gasteiger partial charge on any atom is -0.495 e. The van der Waals surface area contributed by atoms with Crippen LogP contribution in [0.15, 0.2) is 42.5 Å². The summed E-state index contributed by atoms with van der Waals surface area (Å²) in [6.45, 7) is 0. The van der Waals surface area contributed by atoms with Crippen LogP contribution in [0.5, 0.6) is 5.75 Å². The molecule has 0 saturated carbocycles. The van der Waals surface area contributed by atoms with Crippen molar-refractivity contribution in [2.75, 3.05) is 17.3 Å². The number of hydrogen-bond acceptors (Lipinski definition) is 4. The Kier molecular flexibility index (Phi) is 4.64. The molecule has 24 heavy (non-hydrogen) atoms. The van der Waals surface area contributed by atoms with Gasteiger partial charge in [0.25, 0.3) is 5.91 Å². The van der Waals surface area contributed by atoms with Gasteiger partial charge < -0.3 is 10.1 Å². The summed E-state index contributed by atoms with van der Waals surface area (Å²) in [4.78, 5) is 26.0. The van der Waals surface area contributed by atoms with Gasteiger partial charge in [-0.1, -0.05) is 29.3 Å². The van der Waals surface area contributed by atoms with Gasteiger partial charge in [-0.25, -0.2) is 4.90 Å². The van der Waals surface area contributed by atoms with Crippen LogP contribution >= 0.6 is 23.2 Å². The van der Waals surface area contributed by atoms with E-state index in [0.29, 0.717) is 27.2 Å². The molecule has 1 heterocycles. The highest BCUT2D eigenvalue weighted by molar-refractivity contribution is 6.32. The summed E-state index contributed by atoms with van der Waals surface area (Å²) < 4.78 is 5.09. The number of methoxy groups -OCH3 is 1. The Bertz CT molecular complexity index is 810. The number of benzene rings is 2. The molecule has 2 aromatic rings. The molecular weight excluding hydrogens is 351 g/mol. The summed E-state index contributed by atoms with van der Waals surface area (Å²) in [5, 5.41) is 3.93. The van der Waals surface area contributed by atoms with Crippen LogP contribution in [0.1, 0.15) is 6.42 Å². The highest BCUT2D eigenvalue weighted by Gasteiger charge is 2.39. The maximum absolute atomic E-state index is 12.6. The Morgan fingerprint density at radius 3 is 2.62 bits per heavy atom. The van der Waals surface area contributed by atoms with Crippen molar-refractivity contribution in [3.63, 3.8) is 0 Å². The normalized spacial score (nSPS) is 17.3. The molecule has 2 aromatic carbocycles. The van der Waals surface area contributed by atoms with E-state index >= 15 is 0 Å². The number of carbonyl (C=O) groups is 2. The van der Waals surface area contributed by atoms with Crippen molar-refractivity contribution in [3.8, 4) is 5.75 Å². The van der Waals surface area contributed by atoms with Gasteiger partial charge in [0.05, 0.1) is 24.2 Å². The average Bonchev–Trinajstić information content (AvgIpc) is 2.81. The van der Waals surface area contributed by atoms with Crippen LogP contribution in [0, 0.1) is 0 Å². The summed E-state index contributed by atoms with van der Waals surface area (Å²) in [7, 11) is 1.52. The first kappa shape index (κ1) is 16.6. The first-order valence-electron chi connectivity index (χ1n) is 7.22. The Labute approximate surface area is 149 Å². The van der Waals surface area contributed by atoms with Crippen LogP contribution in [0.4, 0.5) is 11.4 Å². The van der Waals surface area contributed by atoms with E-state index in [4.69, 9.17) is 27.9 Å². The van der Waals surface area contributed by atoms with Crippen LogP contribution in [0.25, 0.3) is 0 Å². The molecule has 0 radical (unpaired) electrons. The molecule has 5 nitrogen and oxygen atoms in total. The van der Waals surface area contributed by atoms with Crippen LogP contribution in [-0.4, -0.2) is 25.0 Å². The maximum atomic E-state index is 12.6. The molecule has 1 aliphatic rings. The van der Waals surface area contributed by atoms with Gasteiger partial charge in [-0.2, -0.15) is 0 Å². The van der Waals surface area contributed by atoms with Gasteiger partial charge in [0.1, 0.15) is 11.8 Å². The lowest BCUT2D eigenvalue weighted by Gasteiger charge is -2.16. The van der Waals surface area contributed by atoms with Crippen molar-refractivity contribution >= 4 is 46.4 Å². The summed E-state index contributed by atoms with van der Waals surface area (Å²) in [6, 6.07) is 11.1. The van der Waals surface area contributed by atoms with E-state index < -0.39 is 6.04 Å². The molecule has 7 heteroatoms. The average molecular weight is 365 g/mol. The third-order valence-electron chi connectivity index (χ3n) is 3.71. The molecule has 0 aromatic heterocycles. The molecule has 0 unspecified atom stereocenters. The van der Waals surface area contributed by atoms with Crippen LogP contribution in [0.2, 0.25) is 10.0 Å². The van der Waals surface area contributed by atoms with E-state index in [2.05, 4.69) is 5.32 Å². The third kappa shape index (κ3) is 3.18. The van der Waals surface area contributed by atoms with E-state index in [-0.39, 0.29) is 18.2 Å². The van der Waals surface area contributed by atoms with E-state index in [1.807, 2.05) is 0 Å². The minimum absolute atomic E-state index is 0.0645. The second-order valence-electron chi connectivity index (χ2n) is 5.30. The fourth-order valence-corrected chi connectivity index (χ4v) is 3.03. The van der Waals surface area contributed by atoms with E-state index in [0.717, 1.165) is 4.90 Å². The van der Waals surface area contributed by atoms with Crippen molar-refractivity contribution in [3.05, 3.63) is 52.5 Å². The number of rotatable bonds is 4. The largest absolute Gasteiger partial charge is 0.495 e. The number of amides is 2. The van der Waals surface area contributed by atoms with E-state index in [9.17, 15) is 9.59 Å². The summed E-state index contributed by atoms with van der Waals surface area (Å²) in [6.07, 6.45) is 0.0645. The lowest BCUT2D eigenvalue weighted by molar-refractivity contribution is -0.121. The van der Waals surface area contributed by atoms with Crippen molar-refractivity contribution in [2.45, 2.75) is 12.5 Å². The van der Waals surface area contributed by atoms with Crippen molar-refractivity contribution < 1.29 is 14.3 Å². The number of nitrogens with zero attached hydrogens (tertiary/aromatic N) is 1. The predicted octanol–water partition coefficient (Wildman–Crippen LogP) is 3.75. The number of imide groups is 1. The van der Waals surface area contributed by atoms with Gasteiger partial charge in [0.2, 0.25) is 5.91 Å². The number of nitrogens with one attached hydrogen (secondary N) is 1. The molecule has 0 bridgehead atoms. The molecule has 1 fully saturated rings. The van der Waals surface area contributed by atoms with E-state index in [1.54, 1.807) is 42.5 Å². The molecule has 0 spiro atoms. The molecule has 1 N–H and O–H groups in total. The lowest BCUT2D eigenvalue weighted by Crippen LogP contribution is -2.34. The molecule has 2 amide bonds. The van der Waals surface area contributed by atoms with Crippen LogP contribution < -0.4 is 15.0 Å². The standard InChI is InChI=1S/C17H14Cl2N2O3/c1-24-15-6-5-11(8-13(15)19)20-14-9-16(22)21(17(14)23)12-4-2-3-10(18)7-12/h2-8,14,20H,9H2,1H3/t14-/m1/s1. The number of hydrogen-bond donors (Lipinski definition) is 1. The first-order valence-corrected chi connectivity index (χ1v) is 7.97. The highest BCUT2D eigenvalue weighted by Crippen LogP contribution is 2.30. The van der Waals surface area contributed by atoms with Crippen LogP contribution in [0.3, 0.4) is 0 Å². The maximum Gasteiger partial charge on any atom is 0.256 e. The molecule has 0 aliphatic carbocycles. The molecular formula is C17H14Cl2N2O3. The summed E-state index contributed by atoms with van der Waals surface area (Å²) in [5.41, 5.74) is 1.11. The number of anilines is 2. The number of ether oxygens (including phenoxy) is 1. The zero-order valence-corrected chi connectivity index (χ0v) is 14.3. The molecule has 1 aliphatic heterocycles. The summed E-state index contributed by atoms with van der Waals surface area (Å²) >= 11 is 12.0. The van der Waals surface area contributed by atoms with Gasteiger partial charge in [0, 0.05) is 10.7 Å². The summed E-state index contributed by atoms with van der Waals surface area (Å²) in [5.74, 6) is -0.0647. The zero-order chi connectivity index (χ0) is 17.3. The smallest absolute Gasteiger partial charge is 0.256 e. The quantitative estimate of drug-likeness (QED) is 0.839. The zero-order valence-electron chi connectivity index (χ0n) is 12.8. The predicted molar refractivity (Wildman–Crippen MR) is 94.0 cm³/mol. The Morgan fingerprint density at radius 1 is 1.17 bits per heavy atom. The van der Waals surface area contributed by atoms with Gasteiger partial charge >= 0.3 is 0 Å². The third-order valence-corrected chi connectivity index (χ3v) is 4.24. The fourth-order valence-electron chi connectivity index (χ4n) is 2.59. The van der Waals surface area contributed by atoms with Crippen molar-refractivity contribution in [2.24, 2.45) is 0 Å². The van der Waals surface area contributed by atoms with Crippen LogP contribution in [-0.2, 0) is 9.59 Å². The topological polar surface area (TPSA) is 58.6 Å². The molecule has 1 atom stereocenters. The van der Waals surface area contributed by atoms with Gasteiger partial charge in [-0.15, -0.1) is 0 Å². The van der Waals surface area contributed by atoms with Gasteiger partial charge in [0.15, 0.2) is 0 Å².